The smallest absolute Gasteiger partial charge is 0.0991 e. The quantitative estimate of drug-likeness (QED) is 0.679. The van der Waals surface area contributed by atoms with Gasteiger partial charge in [0.2, 0.25) is 0 Å². The topological polar surface area (TPSA) is 23.8 Å². The van der Waals surface area contributed by atoms with E-state index in [4.69, 9.17) is 5.26 Å². The summed E-state index contributed by atoms with van der Waals surface area (Å²) in [6.07, 6.45) is 0. The fourth-order valence-electron chi connectivity index (χ4n) is 1.62. The molecule has 0 saturated carbocycles. The maximum Gasteiger partial charge on any atom is 0.0991 e. The second-order valence-corrected chi connectivity index (χ2v) is 3.51. The van der Waals surface area contributed by atoms with E-state index in [1.165, 1.54) is 5.56 Å². The highest BCUT2D eigenvalue weighted by molar-refractivity contribution is 5.68. The van der Waals surface area contributed by atoms with Crippen LogP contribution in [-0.4, -0.2) is 0 Å². The number of rotatable bonds is 1. The van der Waals surface area contributed by atoms with Gasteiger partial charge in [-0.3, -0.25) is 0 Å². The highest BCUT2D eigenvalue weighted by Gasteiger charge is 2.02. The summed E-state index contributed by atoms with van der Waals surface area (Å²) in [4.78, 5) is 0. The summed E-state index contributed by atoms with van der Waals surface area (Å²) in [6.45, 7) is 2.06. The lowest BCUT2D eigenvalue weighted by Gasteiger charge is -2.05. The molecule has 0 amide bonds. The van der Waals surface area contributed by atoms with Gasteiger partial charge in [0, 0.05) is 0 Å². The van der Waals surface area contributed by atoms with Crippen molar-refractivity contribution in [1.29, 1.82) is 5.26 Å². The van der Waals surface area contributed by atoms with Gasteiger partial charge in [-0.2, -0.15) is 5.26 Å². The molecule has 1 heteroatoms. The molecule has 0 aliphatic heterocycles. The van der Waals surface area contributed by atoms with Gasteiger partial charge in [0.15, 0.2) is 0 Å². The van der Waals surface area contributed by atoms with Crippen LogP contribution in [0.5, 0.6) is 0 Å². The lowest BCUT2D eigenvalue weighted by Crippen LogP contribution is -1.84. The summed E-state index contributed by atoms with van der Waals surface area (Å²) in [6, 6.07) is 18.1. The molecule has 0 saturated heterocycles. The van der Waals surface area contributed by atoms with Gasteiger partial charge in [-0.15, -0.1) is 0 Å². The average molecular weight is 193 g/mol. The molecule has 2 aromatic rings. The first kappa shape index (κ1) is 9.48. The Bertz CT molecular complexity index is 507. The molecule has 0 unspecified atom stereocenters. The molecule has 0 bridgehead atoms. The highest BCUT2D eigenvalue weighted by atomic mass is 14.2. The molecule has 15 heavy (non-hydrogen) atoms. The van der Waals surface area contributed by atoms with Crippen LogP contribution in [0.3, 0.4) is 0 Å². The van der Waals surface area contributed by atoms with Gasteiger partial charge in [0.25, 0.3) is 0 Å². The second-order valence-electron chi connectivity index (χ2n) is 3.51. The van der Waals surface area contributed by atoms with Gasteiger partial charge in [-0.1, -0.05) is 36.4 Å². The molecule has 72 valence electrons. The second kappa shape index (κ2) is 3.98. The van der Waals surface area contributed by atoms with Gasteiger partial charge in [-0.25, -0.2) is 0 Å². The predicted molar refractivity (Wildman–Crippen MR) is 61.3 cm³/mol. The minimum Gasteiger partial charge on any atom is -0.192 e. The van der Waals surface area contributed by atoms with E-state index in [0.29, 0.717) is 5.56 Å². The van der Waals surface area contributed by atoms with Crippen LogP contribution in [-0.2, 0) is 0 Å². The molecule has 2 aromatic carbocycles. The Morgan fingerprint density at radius 2 is 1.73 bits per heavy atom. The zero-order valence-corrected chi connectivity index (χ0v) is 8.57. The van der Waals surface area contributed by atoms with Crippen LogP contribution in [0.15, 0.2) is 48.5 Å². The summed E-state index contributed by atoms with van der Waals surface area (Å²) in [5.41, 5.74) is 4.20. The van der Waals surface area contributed by atoms with Crippen molar-refractivity contribution in [2.45, 2.75) is 6.92 Å². The molecule has 0 aliphatic rings. The summed E-state index contributed by atoms with van der Waals surface area (Å²) in [5, 5.41) is 8.85. The predicted octanol–water partition coefficient (Wildman–Crippen LogP) is 3.53. The molecule has 0 radical (unpaired) electrons. The Hall–Kier alpha value is -2.07. The third kappa shape index (κ3) is 1.89. The monoisotopic (exact) mass is 193 g/mol. The average Bonchev–Trinajstić information content (AvgIpc) is 2.31. The minimum atomic E-state index is 0.708. The zero-order valence-electron chi connectivity index (χ0n) is 8.57. The normalized spacial score (nSPS) is 9.60. The summed E-state index contributed by atoms with van der Waals surface area (Å²) in [5.74, 6) is 0. The molecule has 0 aromatic heterocycles. The van der Waals surface area contributed by atoms with E-state index in [1.807, 2.05) is 36.4 Å². The van der Waals surface area contributed by atoms with Gasteiger partial charge in [0.1, 0.15) is 0 Å². The van der Waals surface area contributed by atoms with Crippen LogP contribution in [0.1, 0.15) is 11.1 Å². The summed E-state index contributed by atoms with van der Waals surface area (Å²) >= 11 is 0. The fraction of sp³-hybridized carbons (Fsp3) is 0.0714. The van der Waals surface area contributed by atoms with Gasteiger partial charge < -0.3 is 0 Å². The van der Waals surface area contributed by atoms with Crippen LogP contribution in [0.2, 0.25) is 0 Å². The minimum absolute atomic E-state index is 0.708. The number of nitrogens with zero attached hydrogens (tertiary/aromatic N) is 1. The van der Waals surface area contributed by atoms with Crippen LogP contribution in [0.4, 0.5) is 0 Å². The standard InChI is InChI=1S/C14H11N/c1-11-7-8-12(10-15)9-14(11)13-5-3-2-4-6-13/h2-9H,1H3. The third-order valence-corrected chi connectivity index (χ3v) is 2.45. The molecule has 0 N–H and O–H groups in total. The van der Waals surface area contributed by atoms with Crippen molar-refractivity contribution >= 4 is 0 Å². The van der Waals surface area contributed by atoms with E-state index in [0.717, 1.165) is 11.1 Å². The van der Waals surface area contributed by atoms with Crippen LogP contribution < -0.4 is 0 Å². The van der Waals surface area contributed by atoms with Crippen molar-refractivity contribution < 1.29 is 0 Å². The van der Waals surface area contributed by atoms with Crippen molar-refractivity contribution in [3.63, 3.8) is 0 Å². The highest BCUT2D eigenvalue weighted by Crippen LogP contribution is 2.23. The lowest BCUT2D eigenvalue weighted by molar-refractivity contribution is 1.42. The molecule has 1 nitrogen and oxygen atoms in total. The van der Waals surface area contributed by atoms with E-state index in [-0.39, 0.29) is 0 Å². The van der Waals surface area contributed by atoms with Gasteiger partial charge in [-0.05, 0) is 35.7 Å². The number of nitriles is 1. The van der Waals surface area contributed by atoms with Gasteiger partial charge >= 0.3 is 0 Å². The van der Waals surface area contributed by atoms with E-state index in [9.17, 15) is 0 Å². The molecule has 0 heterocycles. The Morgan fingerprint density at radius 1 is 1.00 bits per heavy atom. The first-order valence-corrected chi connectivity index (χ1v) is 4.87. The Balaban J connectivity index is 2.58. The molecule has 0 spiro atoms. The van der Waals surface area contributed by atoms with Crippen molar-refractivity contribution in [3.8, 4) is 17.2 Å². The van der Waals surface area contributed by atoms with Gasteiger partial charge in [0.05, 0.1) is 11.6 Å². The summed E-state index contributed by atoms with van der Waals surface area (Å²) < 4.78 is 0. The fourth-order valence-corrected chi connectivity index (χ4v) is 1.62. The molecule has 2 rings (SSSR count). The Kier molecular flexibility index (Phi) is 2.51. The largest absolute Gasteiger partial charge is 0.192 e. The van der Waals surface area contributed by atoms with Crippen molar-refractivity contribution in [2.75, 3.05) is 0 Å². The van der Waals surface area contributed by atoms with E-state index in [2.05, 4.69) is 25.1 Å². The van der Waals surface area contributed by atoms with Crippen LogP contribution in [0.25, 0.3) is 11.1 Å². The number of hydrogen-bond acceptors (Lipinski definition) is 1. The lowest BCUT2D eigenvalue weighted by atomic mass is 9.99. The van der Waals surface area contributed by atoms with Crippen LogP contribution >= 0.6 is 0 Å². The zero-order chi connectivity index (χ0) is 10.7. The van der Waals surface area contributed by atoms with E-state index >= 15 is 0 Å². The molecule has 0 aliphatic carbocycles. The SMILES string of the molecule is Cc1ccc(C#N)cc1-c1ccccc1. The maximum atomic E-state index is 8.85. The Labute approximate surface area is 89.6 Å². The van der Waals surface area contributed by atoms with E-state index in [1.54, 1.807) is 0 Å². The van der Waals surface area contributed by atoms with Crippen molar-refractivity contribution in [3.05, 3.63) is 59.7 Å². The number of benzene rings is 2. The first-order valence-electron chi connectivity index (χ1n) is 4.87. The molecular formula is C14H11N. The molecule has 0 atom stereocenters. The molecule has 0 fully saturated rings. The van der Waals surface area contributed by atoms with E-state index < -0.39 is 0 Å². The summed E-state index contributed by atoms with van der Waals surface area (Å²) in [7, 11) is 0. The number of hydrogen-bond donors (Lipinski definition) is 0. The molecular weight excluding hydrogens is 182 g/mol. The maximum absolute atomic E-state index is 8.85. The van der Waals surface area contributed by atoms with Crippen molar-refractivity contribution in [1.82, 2.24) is 0 Å². The van der Waals surface area contributed by atoms with Crippen LogP contribution in [0, 0.1) is 18.3 Å². The first-order chi connectivity index (χ1) is 7.31. The third-order valence-electron chi connectivity index (χ3n) is 2.45. The number of aryl methyl sites for hydroxylation is 1. The van der Waals surface area contributed by atoms with Crippen molar-refractivity contribution in [2.24, 2.45) is 0 Å². The Morgan fingerprint density at radius 3 is 2.40 bits per heavy atom.